The Labute approximate surface area is 145 Å². The topological polar surface area (TPSA) is 69.3 Å². The molecule has 1 aromatic carbocycles. The number of hydrogen-bond acceptors (Lipinski definition) is 6. The van der Waals surface area contributed by atoms with Crippen LogP contribution in [0.4, 0.5) is 5.00 Å². The van der Waals surface area contributed by atoms with Gasteiger partial charge in [-0.25, -0.2) is 0 Å². The van der Waals surface area contributed by atoms with Crippen molar-refractivity contribution in [1.82, 2.24) is 0 Å². The van der Waals surface area contributed by atoms with Crippen molar-refractivity contribution in [1.29, 1.82) is 10.5 Å². The van der Waals surface area contributed by atoms with E-state index in [2.05, 4.69) is 17.0 Å². The predicted octanol–water partition coefficient (Wildman–Crippen LogP) is 3.14. The van der Waals surface area contributed by atoms with E-state index in [0.29, 0.717) is 30.9 Å². The van der Waals surface area contributed by atoms with E-state index in [4.69, 9.17) is 14.7 Å². The molecule has 0 radical (unpaired) electrons. The fraction of sp³-hybridized carbons (Fsp3) is 0.333. The largest absolute Gasteiger partial charge is 0.379 e. The molecule has 0 atom stereocenters. The van der Waals surface area contributed by atoms with Crippen LogP contribution in [0.1, 0.15) is 16.0 Å². The first-order chi connectivity index (χ1) is 11.8. The summed E-state index contributed by atoms with van der Waals surface area (Å²) >= 11 is 1.60. The van der Waals surface area contributed by atoms with E-state index in [1.807, 2.05) is 12.1 Å². The number of morpholine rings is 1. The molecule has 1 aliphatic rings. The van der Waals surface area contributed by atoms with Crippen LogP contribution in [0.5, 0.6) is 0 Å². The first-order valence-electron chi connectivity index (χ1n) is 7.66. The molecule has 0 aliphatic carbocycles. The molecular formula is C18H17N3O2S. The zero-order valence-electron chi connectivity index (χ0n) is 13.4. The Hall–Kier alpha value is -2.38. The summed E-state index contributed by atoms with van der Waals surface area (Å²) in [6, 6.07) is 11.8. The summed E-state index contributed by atoms with van der Waals surface area (Å²) in [6.07, 6.45) is 0. The van der Waals surface area contributed by atoms with Gasteiger partial charge < -0.3 is 14.4 Å². The molecule has 5 nitrogen and oxygen atoms in total. The van der Waals surface area contributed by atoms with Crippen LogP contribution in [0, 0.1) is 22.7 Å². The van der Waals surface area contributed by atoms with Crippen molar-refractivity contribution in [3.05, 3.63) is 40.3 Å². The molecule has 0 spiro atoms. The Morgan fingerprint density at radius 2 is 1.88 bits per heavy atom. The van der Waals surface area contributed by atoms with E-state index in [9.17, 15) is 5.26 Å². The van der Waals surface area contributed by atoms with Crippen molar-refractivity contribution in [2.24, 2.45) is 0 Å². The number of benzene rings is 1. The third-order valence-corrected chi connectivity index (χ3v) is 5.17. The van der Waals surface area contributed by atoms with Crippen LogP contribution in [0.25, 0.3) is 11.1 Å². The summed E-state index contributed by atoms with van der Waals surface area (Å²) in [5, 5.41) is 19.7. The molecule has 0 N–H and O–H groups in total. The maximum Gasteiger partial charge on any atom is 0.110 e. The first kappa shape index (κ1) is 16.5. The summed E-state index contributed by atoms with van der Waals surface area (Å²) in [4.78, 5) is 3.24. The van der Waals surface area contributed by atoms with Crippen LogP contribution < -0.4 is 4.90 Å². The molecule has 2 heterocycles. The Bertz CT molecular complexity index is 793. The summed E-state index contributed by atoms with van der Waals surface area (Å²) in [5.74, 6) is 0. The van der Waals surface area contributed by atoms with Gasteiger partial charge in [0.05, 0.1) is 37.0 Å². The second-order valence-corrected chi connectivity index (χ2v) is 6.50. The number of nitrogens with zero attached hydrogens (tertiary/aromatic N) is 3. The van der Waals surface area contributed by atoms with Crippen LogP contribution in [-0.2, 0) is 16.1 Å². The van der Waals surface area contributed by atoms with E-state index in [0.717, 1.165) is 34.1 Å². The molecule has 2 aromatic rings. The van der Waals surface area contributed by atoms with Crippen LogP contribution in [0.2, 0.25) is 0 Å². The summed E-state index contributed by atoms with van der Waals surface area (Å²) in [5.41, 5.74) is 3.14. The maximum atomic E-state index is 9.78. The molecule has 122 valence electrons. The van der Waals surface area contributed by atoms with Crippen LogP contribution in [-0.4, -0.2) is 33.4 Å². The Balaban J connectivity index is 2.10. The molecule has 24 heavy (non-hydrogen) atoms. The van der Waals surface area contributed by atoms with Crippen molar-refractivity contribution in [3.63, 3.8) is 0 Å². The number of nitriles is 2. The average molecular weight is 339 g/mol. The molecular weight excluding hydrogens is 322 g/mol. The van der Waals surface area contributed by atoms with Gasteiger partial charge in [-0.1, -0.05) is 12.1 Å². The minimum Gasteiger partial charge on any atom is -0.379 e. The molecule has 0 saturated carbocycles. The lowest BCUT2D eigenvalue weighted by molar-refractivity contribution is 0.123. The Kier molecular flexibility index (Phi) is 5.12. The van der Waals surface area contributed by atoms with Gasteiger partial charge in [0, 0.05) is 30.6 Å². The van der Waals surface area contributed by atoms with Crippen LogP contribution in [0.15, 0.2) is 24.3 Å². The summed E-state index contributed by atoms with van der Waals surface area (Å²) < 4.78 is 10.8. The normalized spacial score (nSPS) is 14.2. The van der Waals surface area contributed by atoms with Gasteiger partial charge in [0.2, 0.25) is 0 Å². The number of ether oxygens (including phenoxy) is 2. The van der Waals surface area contributed by atoms with Gasteiger partial charge in [0.15, 0.2) is 0 Å². The monoisotopic (exact) mass is 339 g/mol. The SMILES string of the molecule is COCc1sc(N2CCOCC2)c(C#N)c1-c1ccc(C#N)cc1. The lowest BCUT2D eigenvalue weighted by Crippen LogP contribution is -2.36. The average Bonchev–Trinajstić information content (AvgIpc) is 3.01. The second-order valence-electron chi connectivity index (χ2n) is 5.41. The highest BCUT2D eigenvalue weighted by atomic mass is 32.1. The Morgan fingerprint density at radius 3 is 2.46 bits per heavy atom. The van der Waals surface area contributed by atoms with Gasteiger partial charge in [-0.2, -0.15) is 10.5 Å². The minimum absolute atomic E-state index is 0.457. The molecule has 1 saturated heterocycles. The van der Waals surface area contributed by atoms with Crippen molar-refractivity contribution >= 4 is 16.3 Å². The molecule has 0 bridgehead atoms. The fourth-order valence-corrected chi connectivity index (χ4v) is 4.10. The molecule has 0 amide bonds. The second kappa shape index (κ2) is 7.46. The van der Waals surface area contributed by atoms with Gasteiger partial charge >= 0.3 is 0 Å². The number of anilines is 1. The Morgan fingerprint density at radius 1 is 1.17 bits per heavy atom. The van der Waals surface area contributed by atoms with Gasteiger partial charge in [0.1, 0.15) is 11.1 Å². The van der Waals surface area contributed by atoms with Crippen molar-refractivity contribution < 1.29 is 9.47 Å². The van der Waals surface area contributed by atoms with E-state index in [1.165, 1.54) is 0 Å². The number of rotatable bonds is 4. The van der Waals surface area contributed by atoms with Gasteiger partial charge in [-0.3, -0.25) is 0 Å². The highest BCUT2D eigenvalue weighted by Gasteiger charge is 2.24. The third kappa shape index (κ3) is 3.13. The number of hydrogen-bond donors (Lipinski definition) is 0. The highest BCUT2D eigenvalue weighted by Crippen LogP contribution is 2.42. The van der Waals surface area contributed by atoms with Gasteiger partial charge in [-0.15, -0.1) is 11.3 Å². The molecule has 0 unspecified atom stereocenters. The third-order valence-electron chi connectivity index (χ3n) is 3.95. The van der Waals surface area contributed by atoms with Crippen LogP contribution in [0.3, 0.4) is 0 Å². The zero-order valence-corrected chi connectivity index (χ0v) is 14.2. The highest BCUT2D eigenvalue weighted by molar-refractivity contribution is 7.17. The quantitative estimate of drug-likeness (QED) is 0.856. The lowest BCUT2D eigenvalue weighted by atomic mass is 10.0. The fourth-order valence-electron chi connectivity index (χ4n) is 2.81. The summed E-state index contributed by atoms with van der Waals surface area (Å²) in [7, 11) is 1.66. The van der Waals surface area contributed by atoms with E-state index < -0.39 is 0 Å². The van der Waals surface area contributed by atoms with Crippen molar-refractivity contribution in [2.45, 2.75) is 6.61 Å². The van der Waals surface area contributed by atoms with E-state index >= 15 is 0 Å². The minimum atomic E-state index is 0.457. The predicted molar refractivity (Wildman–Crippen MR) is 92.9 cm³/mol. The van der Waals surface area contributed by atoms with Gasteiger partial charge in [0.25, 0.3) is 0 Å². The first-order valence-corrected chi connectivity index (χ1v) is 8.48. The molecule has 6 heteroatoms. The molecule has 1 aliphatic heterocycles. The molecule has 1 fully saturated rings. The van der Waals surface area contributed by atoms with Crippen molar-refractivity contribution in [3.8, 4) is 23.3 Å². The molecule has 1 aromatic heterocycles. The van der Waals surface area contributed by atoms with E-state index in [1.54, 1.807) is 30.6 Å². The number of methoxy groups -OCH3 is 1. The summed E-state index contributed by atoms with van der Waals surface area (Å²) in [6.45, 7) is 3.38. The molecule has 3 rings (SSSR count). The van der Waals surface area contributed by atoms with Crippen molar-refractivity contribution in [2.75, 3.05) is 38.3 Å². The lowest BCUT2D eigenvalue weighted by Gasteiger charge is -2.27. The van der Waals surface area contributed by atoms with Gasteiger partial charge in [-0.05, 0) is 17.7 Å². The van der Waals surface area contributed by atoms with E-state index in [-0.39, 0.29) is 0 Å². The smallest absolute Gasteiger partial charge is 0.110 e. The zero-order chi connectivity index (χ0) is 16.9. The number of thiophene rings is 1. The maximum absolute atomic E-state index is 9.78. The van der Waals surface area contributed by atoms with Crippen LogP contribution >= 0.6 is 11.3 Å². The standard InChI is InChI=1S/C18H17N3O2S/c1-22-12-16-17(14-4-2-13(10-19)3-5-14)15(11-20)18(24-16)21-6-8-23-9-7-21/h2-5H,6-9,12H2,1H3.